The molecule has 39 heavy (non-hydrogen) atoms. The zero-order valence-corrected chi connectivity index (χ0v) is 26.5. The van der Waals surface area contributed by atoms with Crippen LogP contribution in [0, 0.1) is 5.82 Å². The second kappa shape index (κ2) is 15.6. The molecule has 0 radical (unpaired) electrons. The van der Waals surface area contributed by atoms with Crippen LogP contribution in [0.4, 0.5) is 15.8 Å². The van der Waals surface area contributed by atoms with E-state index < -0.39 is 0 Å². The van der Waals surface area contributed by atoms with Gasteiger partial charge in [0.25, 0.3) is 0 Å². The summed E-state index contributed by atoms with van der Waals surface area (Å²) in [5.74, 6) is -0.0414. The van der Waals surface area contributed by atoms with E-state index in [1.165, 1.54) is 0 Å². The van der Waals surface area contributed by atoms with E-state index in [-0.39, 0.29) is 5.82 Å². The molecule has 0 N–H and O–H groups in total. The quantitative estimate of drug-likeness (QED) is 0.492. The maximum Gasteiger partial charge on any atom is 0.169 e. The van der Waals surface area contributed by atoms with Crippen molar-refractivity contribution >= 4 is 11.4 Å². The van der Waals surface area contributed by atoms with Gasteiger partial charge < -0.3 is 9.80 Å². The lowest BCUT2D eigenvalue weighted by Gasteiger charge is -2.38. The van der Waals surface area contributed by atoms with E-state index in [9.17, 15) is 0 Å². The molecule has 0 unspecified atom stereocenters. The van der Waals surface area contributed by atoms with Crippen molar-refractivity contribution in [2.75, 3.05) is 88.3 Å². The van der Waals surface area contributed by atoms with Gasteiger partial charge in [0.2, 0.25) is 0 Å². The van der Waals surface area contributed by atoms with Crippen molar-refractivity contribution in [2.45, 2.75) is 92.4 Å². The van der Waals surface area contributed by atoms with Crippen LogP contribution < -0.4 is 9.80 Å². The summed E-state index contributed by atoms with van der Waals surface area (Å²) in [6, 6.07) is 8.13. The van der Waals surface area contributed by atoms with Gasteiger partial charge in [-0.2, -0.15) is 0 Å². The molecule has 0 aromatic heterocycles. The molecule has 2 aliphatic rings. The Bertz CT molecular complexity index is 780. The molecule has 3 rings (SSSR count). The third-order valence-corrected chi connectivity index (χ3v) is 8.97. The van der Waals surface area contributed by atoms with Gasteiger partial charge in [0, 0.05) is 103 Å². The van der Waals surface area contributed by atoms with Gasteiger partial charge in [0.15, 0.2) is 5.82 Å². The smallest absolute Gasteiger partial charge is 0.169 e. The average Bonchev–Trinajstić information content (AvgIpc) is 2.89. The molecule has 7 heteroatoms. The van der Waals surface area contributed by atoms with Gasteiger partial charge >= 0.3 is 0 Å². The van der Waals surface area contributed by atoms with Gasteiger partial charge in [-0.3, -0.25) is 19.6 Å². The van der Waals surface area contributed by atoms with E-state index in [1.807, 2.05) is 12.1 Å². The normalized spacial score (nSPS) is 21.5. The van der Waals surface area contributed by atoms with Crippen LogP contribution in [-0.2, 0) is 0 Å². The maximum absolute atomic E-state index is 16.5. The van der Waals surface area contributed by atoms with Gasteiger partial charge in [-0.15, -0.1) is 0 Å². The number of hydrogen-bond donors (Lipinski definition) is 0. The van der Waals surface area contributed by atoms with Crippen LogP contribution in [0.3, 0.4) is 0 Å². The van der Waals surface area contributed by atoms with Crippen LogP contribution in [0.2, 0.25) is 0 Å². The number of rotatable bonds is 6. The molecule has 0 amide bonds. The molecule has 2 heterocycles. The van der Waals surface area contributed by atoms with Gasteiger partial charge in [0.05, 0.1) is 11.4 Å². The van der Waals surface area contributed by atoms with Crippen LogP contribution in [-0.4, -0.2) is 122 Å². The predicted octanol–water partition coefficient (Wildman–Crippen LogP) is 5.09. The molecule has 0 aliphatic carbocycles. The summed E-state index contributed by atoms with van der Waals surface area (Å²) < 4.78 is 16.5. The van der Waals surface area contributed by atoms with Crippen molar-refractivity contribution in [3.63, 3.8) is 0 Å². The summed E-state index contributed by atoms with van der Waals surface area (Å²) in [6.07, 6.45) is 2.11. The standard InChI is InChI=1S/C32H59FN6/c1-26(2)34-14-10-16-38(24-22-36(20-18-34)28(5)6)30-12-9-13-31(32(30)33)39-17-11-15-35(27(3)4)19-21-37(23-25-39)29(7)8/h9,12-13,26-29H,10-11,14-25H2,1-8H3. The minimum absolute atomic E-state index is 0.0414. The summed E-state index contributed by atoms with van der Waals surface area (Å²) in [6.45, 7) is 30.2. The Morgan fingerprint density at radius 3 is 1.10 bits per heavy atom. The second-order valence-electron chi connectivity index (χ2n) is 12.8. The van der Waals surface area contributed by atoms with Gasteiger partial charge in [-0.05, 0) is 80.4 Å². The van der Waals surface area contributed by atoms with Gasteiger partial charge in [-0.1, -0.05) is 6.07 Å². The first-order valence-corrected chi connectivity index (χ1v) is 15.8. The monoisotopic (exact) mass is 546 g/mol. The fourth-order valence-corrected chi connectivity index (χ4v) is 6.16. The van der Waals surface area contributed by atoms with E-state index in [2.05, 4.69) is 90.9 Å². The molecule has 0 saturated carbocycles. The molecule has 2 fully saturated rings. The molecule has 2 aliphatic heterocycles. The molecule has 224 valence electrons. The summed E-state index contributed by atoms with van der Waals surface area (Å²) in [5.41, 5.74) is 1.55. The Morgan fingerprint density at radius 1 is 0.462 bits per heavy atom. The topological polar surface area (TPSA) is 19.4 Å². The van der Waals surface area contributed by atoms with E-state index in [0.717, 1.165) is 103 Å². The van der Waals surface area contributed by atoms with Crippen molar-refractivity contribution < 1.29 is 4.39 Å². The summed E-state index contributed by atoms with van der Waals surface area (Å²) in [7, 11) is 0. The first kappa shape index (κ1) is 32.1. The third-order valence-electron chi connectivity index (χ3n) is 8.97. The Labute approximate surface area is 240 Å². The molecule has 1 aromatic rings. The molecular weight excluding hydrogens is 487 g/mol. The van der Waals surface area contributed by atoms with Crippen LogP contribution in [0.25, 0.3) is 0 Å². The van der Waals surface area contributed by atoms with Crippen molar-refractivity contribution in [3.05, 3.63) is 24.0 Å². The highest BCUT2D eigenvalue weighted by Crippen LogP contribution is 2.30. The number of hydrogen-bond acceptors (Lipinski definition) is 6. The van der Waals surface area contributed by atoms with Crippen LogP contribution in [0.5, 0.6) is 0 Å². The molecule has 0 atom stereocenters. The lowest BCUT2D eigenvalue weighted by atomic mass is 10.1. The number of anilines is 2. The van der Waals surface area contributed by atoms with Crippen LogP contribution in [0.1, 0.15) is 68.2 Å². The van der Waals surface area contributed by atoms with Crippen molar-refractivity contribution in [2.24, 2.45) is 0 Å². The van der Waals surface area contributed by atoms with Crippen LogP contribution in [0.15, 0.2) is 18.2 Å². The predicted molar refractivity (Wildman–Crippen MR) is 167 cm³/mol. The van der Waals surface area contributed by atoms with Crippen molar-refractivity contribution in [1.29, 1.82) is 0 Å². The second-order valence-corrected chi connectivity index (χ2v) is 12.8. The number of nitrogens with zero attached hydrogens (tertiary/aromatic N) is 6. The highest BCUT2D eigenvalue weighted by Gasteiger charge is 2.24. The Morgan fingerprint density at radius 2 is 0.769 bits per heavy atom. The summed E-state index contributed by atoms with van der Waals surface area (Å²) >= 11 is 0. The van der Waals surface area contributed by atoms with Crippen molar-refractivity contribution in [1.82, 2.24) is 19.6 Å². The average molecular weight is 547 g/mol. The fourth-order valence-electron chi connectivity index (χ4n) is 6.16. The molecule has 0 spiro atoms. The molecule has 0 bridgehead atoms. The summed E-state index contributed by atoms with van der Waals surface area (Å²) in [4.78, 5) is 14.9. The largest absolute Gasteiger partial charge is 0.368 e. The zero-order valence-electron chi connectivity index (χ0n) is 26.5. The Balaban J connectivity index is 1.83. The van der Waals surface area contributed by atoms with Gasteiger partial charge in [-0.25, -0.2) is 4.39 Å². The maximum atomic E-state index is 16.5. The number of benzene rings is 1. The highest BCUT2D eigenvalue weighted by molar-refractivity contribution is 5.61. The molecule has 1 aromatic carbocycles. The van der Waals surface area contributed by atoms with E-state index in [1.54, 1.807) is 0 Å². The first-order chi connectivity index (χ1) is 18.6. The van der Waals surface area contributed by atoms with E-state index in [4.69, 9.17) is 0 Å². The van der Waals surface area contributed by atoms with E-state index >= 15 is 4.39 Å². The lowest BCUT2D eigenvalue weighted by Crippen LogP contribution is -2.47. The van der Waals surface area contributed by atoms with Gasteiger partial charge in [0.1, 0.15) is 0 Å². The lowest BCUT2D eigenvalue weighted by molar-refractivity contribution is 0.150. The van der Waals surface area contributed by atoms with E-state index in [0.29, 0.717) is 24.2 Å². The number of halogens is 1. The minimum atomic E-state index is -0.0414. The molecular formula is C32H59FN6. The molecule has 2 saturated heterocycles. The molecule has 6 nitrogen and oxygen atoms in total. The zero-order chi connectivity index (χ0) is 28.5. The Kier molecular flexibility index (Phi) is 12.8. The fraction of sp³-hybridized carbons (Fsp3) is 0.812. The summed E-state index contributed by atoms with van der Waals surface area (Å²) in [5, 5.41) is 0. The first-order valence-electron chi connectivity index (χ1n) is 15.8. The highest BCUT2D eigenvalue weighted by atomic mass is 19.1. The minimum Gasteiger partial charge on any atom is -0.368 e. The SMILES string of the molecule is CC(C)N1CCCN(c2cccc(N3CCCN(C(C)C)CCN(C(C)C)CC3)c2F)CCN(C(C)C)CC1. The van der Waals surface area contributed by atoms with Crippen molar-refractivity contribution in [3.8, 4) is 0 Å². The van der Waals surface area contributed by atoms with Crippen LogP contribution >= 0.6 is 0 Å². The Hall–Kier alpha value is -1.41. The third kappa shape index (κ3) is 9.31.